The first-order chi connectivity index (χ1) is 34.4. The number of hydrogen-bond acceptors (Lipinski definition) is 13. The zero-order chi connectivity index (χ0) is 51.6. The van der Waals surface area contributed by atoms with E-state index in [0.717, 1.165) is 104 Å². The van der Waals surface area contributed by atoms with Crippen LogP contribution in [0.15, 0.2) is 67.0 Å². The van der Waals surface area contributed by atoms with E-state index in [1.54, 1.807) is 12.3 Å². The summed E-state index contributed by atoms with van der Waals surface area (Å²) in [4.78, 5) is 66.4. The Balaban J connectivity index is 0.00000101. The van der Waals surface area contributed by atoms with E-state index < -0.39 is 35.4 Å². The van der Waals surface area contributed by atoms with E-state index in [0.29, 0.717) is 41.9 Å². The van der Waals surface area contributed by atoms with E-state index in [9.17, 15) is 32.8 Å². The SMILES string of the molecule is CCOc1c(Cl)cc(C(C)(C)c2ccc(OCc3ccnc(N4CCC(CN5CCC(C6CCN(c7ccc(C(=O)NC8CCC(=O)NC8=O)nc7)CC6)CC5)CC4)n3)cc2)cc1C#N.O=C(O)C(F)(F)F. The fourth-order valence-electron chi connectivity index (χ4n) is 9.92. The van der Waals surface area contributed by atoms with Crippen molar-refractivity contribution in [3.63, 3.8) is 0 Å². The van der Waals surface area contributed by atoms with E-state index >= 15 is 0 Å². The van der Waals surface area contributed by atoms with Gasteiger partial charge < -0.3 is 34.6 Å². The molecule has 0 bridgehead atoms. The average Bonchev–Trinajstić information content (AvgIpc) is 3.37. The van der Waals surface area contributed by atoms with Crippen LogP contribution >= 0.6 is 11.6 Å². The second-order valence-corrected chi connectivity index (χ2v) is 19.6. The summed E-state index contributed by atoms with van der Waals surface area (Å²) in [5.41, 5.74) is 4.14. The first kappa shape index (κ1) is 53.3. The Morgan fingerprint density at radius 2 is 1.53 bits per heavy atom. The second kappa shape index (κ2) is 23.8. The summed E-state index contributed by atoms with van der Waals surface area (Å²) < 4.78 is 43.5. The van der Waals surface area contributed by atoms with Crippen molar-refractivity contribution in [2.75, 3.05) is 62.2 Å². The van der Waals surface area contributed by atoms with Crippen LogP contribution < -0.4 is 29.9 Å². The Labute approximate surface area is 422 Å². The van der Waals surface area contributed by atoms with E-state index in [1.807, 2.05) is 49.5 Å². The molecule has 0 aliphatic carbocycles. The Morgan fingerprint density at radius 3 is 2.12 bits per heavy atom. The molecular weight excluding hydrogens is 955 g/mol. The molecule has 4 fully saturated rings. The third-order valence-corrected chi connectivity index (χ3v) is 14.5. The van der Waals surface area contributed by atoms with Crippen molar-refractivity contribution in [1.29, 1.82) is 5.26 Å². The van der Waals surface area contributed by atoms with E-state index in [4.69, 9.17) is 36.0 Å². The van der Waals surface area contributed by atoms with Gasteiger partial charge in [-0.05, 0) is 136 Å². The number of rotatable bonds is 14. The number of nitrogens with one attached hydrogen (secondary N) is 2. The molecule has 3 amide bonds. The van der Waals surface area contributed by atoms with Gasteiger partial charge in [-0.25, -0.2) is 19.7 Å². The molecule has 2 aromatic heterocycles. The fourth-order valence-corrected chi connectivity index (χ4v) is 10.2. The number of amides is 3. The molecule has 3 N–H and O–H groups in total. The van der Waals surface area contributed by atoms with Crippen LogP contribution in [0.2, 0.25) is 5.02 Å². The van der Waals surface area contributed by atoms with Crippen LogP contribution in [0.3, 0.4) is 0 Å². The zero-order valence-electron chi connectivity index (χ0n) is 40.7. The van der Waals surface area contributed by atoms with E-state index in [1.165, 1.54) is 25.9 Å². The van der Waals surface area contributed by atoms with Crippen LogP contribution in [-0.2, 0) is 26.4 Å². The first-order valence-corrected chi connectivity index (χ1v) is 24.8. The number of nitrogens with zero attached hydrogens (tertiary/aromatic N) is 7. The number of hydrogen-bond donors (Lipinski definition) is 3. The van der Waals surface area contributed by atoms with Gasteiger partial charge in [0.2, 0.25) is 17.8 Å². The van der Waals surface area contributed by atoms with Crippen molar-refractivity contribution < 1.29 is 46.9 Å². The molecule has 8 rings (SSSR count). The van der Waals surface area contributed by atoms with Gasteiger partial charge in [-0.1, -0.05) is 37.6 Å². The smallest absolute Gasteiger partial charge is 0.490 e. The second-order valence-electron chi connectivity index (χ2n) is 19.2. The minimum Gasteiger partial charge on any atom is -0.491 e. The molecule has 16 nitrogen and oxygen atoms in total. The first-order valence-electron chi connectivity index (χ1n) is 24.5. The number of halogens is 4. The molecule has 20 heteroatoms. The van der Waals surface area contributed by atoms with E-state index in [-0.39, 0.29) is 18.0 Å². The molecule has 72 heavy (non-hydrogen) atoms. The summed E-state index contributed by atoms with van der Waals surface area (Å²) in [7, 11) is 0. The Hall–Kier alpha value is -6.52. The number of pyridine rings is 1. The number of alkyl halides is 3. The third kappa shape index (κ3) is 13.7. The van der Waals surface area contributed by atoms with Crippen molar-refractivity contribution >= 4 is 46.9 Å². The highest BCUT2D eigenvalue weighted by atomic mass is 35.5. The van der Waals surface area contributed by atoms with Crippen molar-refractivity contribution in [3.8, 4) is 17.6 Å². The van der Waals surface area contributed by atoms with Crippen LogP contribution in [0.1, 0.15) is 105 Å². The van der Waals surface area contributed by atoms with Crippen LogP contribution in [0, 0.1) is 29.1 Å². The maximum Gasteiger partial charge on any atom is 0.490 e. The predicted molar refractivity (Wildman–Crippen MR) is 263 cm³/mol. The minimum atomic E-state index is -5.08. The van der Waals surface area contributed by atoms with Gasteiger partial charge in [0, 0.05) is 50.8 Å². The summed E-state index contributed by atoms with van der Waals surface area (Å²) in [5.74, 6) is 0.167. The van der Waals surface area contributed by atoms with Gasteiger partial charge in [-0.2, -0.15) is 18.4 Å². The van der Waals surface area contributed by atoms with Crippen molar-refractivity contribution in [2.45, 2.75) is 96.4 Å². The molecule has 1 atom stereocenters. The number of imide groups is 1. The quantitative estimate of drug-likeness (QED) is 0.104. The van der Waals surface area contributed by atoms with Gasteiger partial charge in [0.15, 0.2) is 5.75 Å². The highest BCUT2D eigenvalue weighted by Gasteiger charge is 2.38. The summed E-state index contributed by atoms with van der Waals surface area (Å²) in [6.07, 6.45) is 6.12. The molecule has 2 aromatic carbocycles. The Morgan fingerprint density at radius 1 is 0.875 bits per heavy atom. The van der Waals surface area contributed by atoms with Gasteiger partial charge in [-0.15, -0.1) is 0 Å². The lowest BCUT2D eigenvalue weighted by molar-refractivity contribution is -0.192. The molecule has 384 valence electrons. The monoisotopic (exact) mass is 1020 g/mol. The maximum atomic E-state index is 12.7. The molecule has 0 saturated carbocycles. The highest BCUT2D eigenvalue weighted by molar-refractivity contribution is 6.32. The number of carboxylic acid groups (broad SMARTS) is 1. The largest absolute Gasteiger partial charge is 0.491 e. The van der Waals surface area contributed by atoms with Crippen molar-refractivity contribution in [1.82, 2.24) is 30.5 Å². The van der Waals surface area contributed by atoms with Gasteiger partial charge in [-0.3, -0.25) is 19.7 Å². The van der Waals surface area contributed by atoms with Gasteiger partial charge in [0.1, 0.15) is 30.2 Å². The van der Waals surface area contributed by atoms with Crippen LogP contribution in [0.4, 0.5) is 24.8 Å². The number of carbonyl (C=O) groups is 4. The number of anilines is 2. The van der Waals surface area contributed by atoms with Crippen LogP contribution in [0.25, 0.3) is 0 Å². The van der Waals surface area contributed by atoms with Crippen molar-refractivity contribution in [2.24, 2.45) is 17.8 Å². The molecule has 0 spiro atoms. The molecule has 0 radical (unpaired) electrons. The summed E-state index contributed by atoms with van der Waals surface area (Å²) in [6.45, 7) is 14.2. The van der Waals surface area contributed by atoms with Gasteiger partial charge in [0.25, 0.3) is 5.91 Å². The number of aromatic nitrogens is 3. The lowest BCUT2D eigenvalue weighted by Gasteiger charge is -2.42. The number of likely N-dealkylation sites (tertiary alicyclic amines) is 1. The molecule has 6 heterocycles. The summed E-state index contributed by atoms with van der Waals surface area (Å²) >= 11 is 6.55. The topological polar surface area (TPSA) is 203 Å². The summed E-state index contributed by atoms with van der Waals surface area (Å²) in [5, 5.41) is 22.3. The molecule has 4 aromatic rings. The fraction of sp³-hybridized carbons (Fsp3) is 0.500. The predicted octanol–water partition coefficient (Wildman–Crippen LogP) is 7.71. The van der Waals surface area contributed by atoms with Gasteiger partial charge in [0.05, 0.1) is 34.8 Å². The zero-order valence-corrected chi connectivity index (χ0v) is 41.5. The maximum absolute atomic E-state index is 12.7. The average molecular weight is 1020 g/mol. The number of piperidine rings is 4. The van der Waals surface area contributed by atoms with Gasteiger partial charge >= 0.3 is 12.1 Å². The number of carbonyl (C=O) groups excluding carboxylic acids is 3. The van der Waals surface area contributed by atoms with Crippen molar-refractivity contribution in [3.05, 3.63) is 100 Å². The standard InChI is InChI=1S/C50H60ClN9O5.C2HF3O2/c1-4-64-46-36(29-52)27-38(28-42(46)51)50(2,3)37-5-8-41(9-6-37)65-32-39-13-20-53-49(55-39)60-23-14-33(15-24-60)31-58-21-16-34(17-22-58)35-18-25-59(26-19-35)40-7-10-43(54-30-40)47(62)56-44-11-12-45(61)57-48(44)63;3-2(4,5)1(6)7/h5-10,13,20,27-28,30,33-35,44H,4,11-12,14-19,21-26,31-32H2,1-3H3,(H,56,62)(H,57,61,63);(H,6,7). The molecule has 1 unspecified atom stereocenters. The van der Waals surface area contributed by atoms with E-state index in [2.05, 4.69) is 67.4 Å². The molecule has 4 saturated heterocycles. The number of benzene rings is 2. The Bertz CT molecular complexity index is 2570. The Kier molecular flexibility index (Phi) is 17.6. The lowest BCUT2D eigenvalue weighted by atomic mass is 9.77. The normalized spacial score (nSPS) is 18.6. The number of ether oxygens (including phenoxy) is 2. The number of carboxylic acids is 1. The third-order valence-electron chi connectivity index (χ3n) is 14.2. The lowest BCUT2D eigenvalue weighted by Crippen LogP contribution is -2.52. The highest BCUT2D eigenvalue weighted by Crippen LogP contribution is 2.39. The number of nitriles is 1. The van der Waals surface area contributed by atoms with Crippen LogP contribution in [-0.4, -0.2) is 113 Å². The number of aliphatic carboxylic acids is 1. The molecule has 4 aliphatic heterocycles. The molecular formula is C52H61ClF3N9O7. The minimum absolute atomic E-state index is 0.211. The summed E-state index contributed by atoms with van der Waals surface area (Å²) in [6, 6.07) is 18.9. The van der Waals surface area contributed by atoms with Crippen LogP contribution in [0.5, 0.6) is 11.5 Å². The molecule has 4 aliphatic rings.